The van der Waals surface area contributed by atoms with Crippen molar-refractivity contribution in [3.63, 3.8) is 0 Å². The molecule has 19 heavy (non-hydrogen) atoms. The number of likely N-dealkylation sites (tertiary alicyclic amines) is 1. The maximum atomic E-state index is 11.9. The summed E-state index contributed by atoms with van der Waals surface area (Å²) >= 11 is 0. The van der Waals surface area contributed by atoms with E-state index in [1.165, 1.54) is 12.8 Å². The molecule has 5 heteroatoms. The van der Waals surface area contributed by atoms with Gasteiger partial charge in [0.25, 0.3) is 0 Å². The summed E-state index contributed by atoms with van der Waals surface area (Å²) < 4.78 is 0. The molecule has 2 N–H and O–H groups in total. The fraction of sp³-hybridized carbons (Fsp3) is 0.857. The summed E-state index contributed by atoms with van der Waals surface area (Å²) in [6, 6.07) is 0. The molecule has 0 unspecified atom stereocenters. The van der Waals surface area contributed by atoms with Gasteiger partial charge < -0.3 is 15.3 Å². The monoisotopic (exact) mass is 270 g/mol. The van der Waals surface area contributed by atoms with E-state index in [2.05, 4.69) is 10.2 Å². The van der Waals surface area contributed by atoms with Crippen LogP contribution in [0.15, 0.2) is 0 Å². The highest BCUT2D eigenvalue weighted by Crippen LogP contribution is 2.30. The molecule has 1 fully saturated rings. The fourth-order valence-corrected chi connectivity index (χ4v) is 2.61. The first-order valence-corrected chi connectivity index (χ1v) is 7.26. The molecule has 0 aromatic rings. The van der Waals surface area contributed by atoms with Gasteiger partial charge in [0.2, 0.25) is 5.91 Å². The van der Waals surface area contributed by atoms with Gasteiger partial charge in [-0.15, -0.1) is 0 Å². The van der Waals surface area contributed by atoms with Crippen LogP contribution < -0.4 is 5.32 Å². The molecular weight excluding hydrogens is 244 g/mol. The number of aliphatic carboxylic acids is 1. The summed E-state index contributed by atoms with van der Waals surface area (Å²) in [5.74, 6) is -1.02. The van der Waals surface area contributed by atoms with Gasteiger partial charge >= 0.3 is 5.97 Å². The summed E-state index contributed by atoms with van der Waals surface area (Å²) in [6.45, 7) is 7.36. The van der Waals surface area contributed by atoms with Gasteiger partial charge in [-0.1, -0.05) is 13.8 Å². The third kappa shape index (κ3) is 4.49. The van der Waals surface area contributed by atoms with Crippen molar-refractivity contribution >= 4 is 11.9 Å². The summed E-state index contributed by atoms with van der Waals surface area (Å²) in [5.41, 5.74) is -0.905. The smallest absolute Gasteiger partial charge is 0.310 e. The lowest BCUT2D eigenvalue weighted by molar-refractivity contribution is -0.152. The number of nitrogens with one attached hydrogen (secondary N) is 1. The number of hydrogen-bond donors (Lipinski definition) is 2. The SMILES string of the molecule is CCC(CC)(CC(=O)NCCN1CCCC1)C(=O)O. The second-order valence-electron chi connectivity index (χ2n) is 5.37. The molecule has 0 saturated carbocycles. The fourth-order valence-electron chi connectivity index (χ4n) is 2.61. The van der Waals surface area contributed by atoms with Crippen LogP contribution in [-0.4, -0.2) is 48.1 Å². The minimum absolute atomic E-state index is 0.0787. The Morgan fingerprint density at radius 3 is 2.26 bits per heavy atom. The van der Waals surface area contributed by atoms with E-state index in [1.807, 2.05) is 13.8 Å². The third-order valence-electron chi connectivity index (χ3n) is 4.26. The van der Waals surface area contributed by atoms with Gasteiger partial charge in [-0.25, -0.2) is 0 Å². The number of carbonyl (C=O) groups is 2. The molecule has 0 aromatic heterocycles. The van der Waals surface area contributed by atoms with Crippen LogP contribution in [0.3, 0.4) is 0 Å². The van der Waals surface area contributed by atoms with Crippen LogP contribution in [0.2, 0.25) is 0 Å². The molecule has 0 spiro atoms. The van der Waals surface area contributed by atoms with Crippen LogP contribution in [0.25, 0.3) is 0 Å². The molecule has 0 aromatic carbocycles. The molecule has 0 radical (unpaired) electrons. The highest BCUT2D eigenvalue weighted by atomic mass is 16.4. The van der Waals surface area contributed by atoms with E-state index >= 15 is 0 Å². The van der Waals surface area contributed by atoms with Crippen molar-refractivity contribution in [3.05, 3.63) is 0 Å². The quantitative estimate of drug-likeness (QED) is 0.701. The van der Waals surface area contributed by atoms with Crippen molar-refractivity contribution in [1.82, 2.24) is 10.2 Å². The highest BCUT2D eigenvalue weighted by Gasteiger charge is 2.36. The van der Waals surface area contributed by atoms with E-state index in [9.17, 15) is 14.7 Å². The lowest BCUT2D eigenvalue weighted by Gasteiger charge is -2.26. The van der Waals surface area contributed by atoms with Gasteiger partial charge in [-0.2, -0.15) is 0 Å². The van der Waals surface area contributed by atoms with Crippen molar-refractivity contribution in [2.24, 2.45) is 5.41 Å². The summed E-state index contributed by atoms with van der Waals surface area (Å²) in [6.07, 6.45) is 3.52. The molecule has 1 saturated heterocycles. The molecular formula is C14H26N2O3. The molecule has 1 aliphatic heterocycles. The van der Waals surface area contributed by atoms with Gasteiger partial charge in [-0.3, -0.25) is 9.59 Å². The summed E-state index contributed by atoms with van der Waals surface area (Å²) in [4.78, 5) is 25.5. The van der Waals surface area contributed by atoms with Gasteiger partial charge in [0.15, 0.2) is 0 Å². The Bertz CT molecular complexity index is 308. The number of carbonyl (C=O) groups excluding carboxylic acids is 1. The van der Waals surface area contributed by atoms with Crippen molar-refractivity contribution in [3.8, 4) is 0 Å². The topological polar surface area (TPSA) is 69.6 Å². The molecule has 0 aliphatic carbocycles. The molecule has 0 bridgehead atoms. The number of hydrogen-bond acceptors (Lipinski definition) is 3. The van der Waals surface area contributed by atoms with Crippen LogP contribution in [0, 0.1) is 5.41 Å². The van der Waals surface area contributed by atoms with Crippen molar-refractivity contribution in [2.45, 2.75) is 46.0 Å². The first-order valence-electron chi connectivity index (χ1n) is 7.26. The van der Waals surface area contributed by atoms with Crippen molar-refractivity contribution in [2.75, 3.05) is 26.2 Å². The Hall–Kier alpha value is -1.10. The van der Waals surface area contributed by atoms with E-state index in [1.54, 1.807) is 0 Å². The molecule has 5 nitrogen and oxygen atoms in total. The van der Waals surface area contributed by atoms with Crippen LogP contribution >= 0.6 is 0 Å². The Labute approximate surface area is 115 Å². The highest BCUT2D eigenvalue weighted by molar-refractivity contribution is 5.84. The number of rotatable bonds is 8. The van der Waals surface area contributed by atoms with Crippen molar-refractivity contribution in [1.29, 1.82) is 0 Å². The zero-order valence-electron chi connectivity index (χ0n) is 12.1. The predicted molar refractivity (Wildman–Crippen MR) is 74.0 cm³/mol. The first kappa shape index (κ1) is 16.0. The number of carboxylic acids is 1. The molecule has 1 amide bonds. The normalized spacial score (nSPS) is 16.5. The van der Waals surface area contributed by atoms with Crippen LogP contribution in [0.4, 0.5) is 0 Å². The maximum Gasteiger partial charge on any atom is 0.310 e. The lowest BCUT2D eigenvalue weighted by atomic mass is 9.79. The molecule has 1 heterocycles. The Morgan fingerprint density at radius 2 is 1.79 bits per heavy atom. The van der Waals surface area contributed by atoms with Gasteiger partial charge in [0.1, 0.15) is 0 Å². The maximum absolute atomic E-state index is 11.9. The van der Waals surface area contributed by atoms with Gasteiger partial charge in [0.05, 0.1) is 5.41 Å². The van der Waals surface area contributed by atoms with E-state index in [-0.39, 0.29) is 12.3 Å². The standard InChI is InChI=1S/C14H26N2O3/c1-3-14(4-2,13(18)19)11-12(17)15-7-10-16-8-5-6-9-16/h3-11H2,1-2H3,(H,15,17)(H,18,19). The Kier molecular flexibility index (Phi) is 6.28. The average Bonchev–Trinajstić information content (AvgIpc) is 2.89. The van der Waals surface area contributed by atoms with E-state index < -0.39 is 11.4 Å². The first-order chi connectivity index (χ1) is 9.04. The van der Waals surface area contributed by atoms with E-state index in [0.29, 0.717) is 19.4 Å². The molecule has 0 atom stereocenters. The van der Waals surface area contributed by atoms with Crippen LogP contribution in [0.1, 0.15) is 46.0 Å². The number of carboxylic acid groups (broad SMARTS) is 1. The van der Waals surface area contributed by atoms with Gasteiger partial charge in [0, 0.05) is 19.5 Å². The van der Waals surface area contributed by atoms with Crippen molar-refractivity contribution < 1.29 is 14.7 Å². The predicted octanol–water partition coefficient (Wildman–Crippen LogP) is 1.48. The summed E-state index contributed by atoms with van der Waals surface area (Å²) in [7, 11) is 0. The van der Waals surface area contributed by atoms with Crippen LogP contribution in [-0.2, 0) is 9.59 Å². The Morgan fingerprint density at radius 1 is 1.21 bits per heavy atom. The van der Waals surface area contributed by atoms with Gasteiger partial charge in [-0.05, 0) is 38.8 Å². The second-order valence-corrected chi connectivity index (χ2v) is 5.37. The third-order valence-corrected chi connectivity index (χ3v) is 4.26. The zero-order chi connectivity index (χ0) is 14.3. The minimum atomic E-state index is -0.905. The molecule has 1 rings (SSSR count). The molecule has 110 valence electrons. The average molecular weight is 270 g/mol. The number of nitrogens with zero attached hydrogens (tertiary/aromatic N) is 1. The Balaban J connectivity index is 2.33. The minimum Gasteiger partial charge on any atom is -0.481 e. The summed E-state index contributed by atoms with van der Waals surface area (Å²) in [5, 5.41) is 12.1. The van der Waals surface area contributed by atoms with E-state index in [4.69, 9.17) is 0 Å². The van der Waals surface area contributed by atoms with E-state index in [0.717, 1.165) is 19.6 Å². The largest absolute Gasteiger partial charge is 0.481 e. The van der Waals surface area contributed by atoms with Crippen LogP contribution in [0.5, 0.6) is 0 Å². The zero-order valence-corrected chi connectivity index (χ0v) is 12.1. The lowest BCUT2D eigenvalue weighted by Crippen LogP contribution is -2.39. The number of amides is 1. The second kappa shape index (κ2) is 7.48. The molecule has 1 aliphatic rings.